The largest absolute Gasteiger partial charge is 0.376 e. The molecule has 0 heterocycles. The monoisotopic (exact) mass is 227 g/mol. The van der Waals surface area contributed by atoms with Gasteiger partial charge < -0.3 is 10.1 Å². The molecule has 2 heteroatoms. The Morgan fingerprint density at radius 1 is 1.12 bits per heavy atom. The predicted molar refractivity (Wildman–Crippen MR) is 69.8 cm³/mol. The van der Waals surface area contributed by atoms with E-state index in [0.717, 1.165) is 19.1 Å². The highest BCUT2D eigenvalue weighted by Crippen LogP contribution is 2.18. The SMILES string of the molecule is CCC(C)(C)OCCCCCCNC1CC1. The van der Waals surface area contributed by atoms with E-state index in [4.69, 9.17) is 4.74 Å². The predicted octanol–water partition coefficient (Wildman–Crippen LogP) is 3.50. The van der Waals surface area contributed by atoms with Crippen LogP contribution in [0.25, 0.3) is 0 Å². The van der Waals surface area contributed by atoms with Gasteiger partial charge in [0.2, 0.25) is 0 Å². The molecule has 1 rings (SSSR count). The average Bonchev–Trinajstić information content (AvgIpc) is 3.06. The van der Waals surface area contributed by atoms with Gasteiger partial charge in [-0.25, -0.2) is 0 Å². The van der Waals surface area contributed by atoms with Gasteiger partial charge in [0, 0.05) is 12.6 Å². The summed E-state index contributed by atoms with van der Waals surface area (Å²) in [5.41, 5.74) is 0.0769. The van der Waals surface area contributed by atoms with Crippen LogP contribution in [0.5, 0.6) is 0 Å². The Morgan fingerprint density at radius 3 is 2.44 bits per heavy atom. The number of nitrogens with one attached hydrogen (secondary N) is 1. The first-order chi connectivity index (χ1) is 7.64. The number of ether oxygens (including phenoxy) is 1. The van der Waals surface area contributed by atoms with E-state index in [1.807, 2.05) is 0 Å². The molecule has 1 aliphatic rings. The van der Waals surface area contributed by atoms with Crippen LogP contribution in [-0.2, 0) is 4.74 Å². The van der Waals surface area contributed by atoms with E-state index in [9.17, 15) is 0 Å². The van der Waals surface area contributed by atoms with Crippen molar-refractivity contribution < 1.29 is 4.74 Å². The minimum Gasteiger partial charge on any atom is -0.376 e. The molecule has 1 fully saturated rings. The summed E-state index contributed by atoms with van der Waals surface area (Å²) >= 11 is 0. The van der Waals surface area contributed by atoms with Gasteiger partial charge in [-0.05, 0) is 52.5 Å². The lowest BCUT2D eigenvalue weighted by Gasteiger charge is -2.23. The van der Waals surface area contributed by atoms with Crippen molar-refractivity contribution in [3.05, 3.63) is 0 Å². The van der Waals surface area contributed by atoms with Crippen molar-refractivity contribution in [2.24, 2.45) is 0 Å². The van der Waals surface area contributed by atoms with Crippen LogP contribution in [-0.4, -0.2) is 24.8 Å². The summed E-state index contributed by atoms with van der Waals surface area (Å²) in [4.78, 5) is 0. The second-order valence-corrected chi connectivity index (χ2v) is 5.60. The molecule has 0 aromatic carbocycles. The molecule has 1 aliphatic carbocycles. The third kappa shape index (κ3) is 7.24. The van der Waals surface area contributed by atoms with Gasteiger partial charge in [-0.1, -0.05) is 19.8 Å². The van der Waals surface area contributed by atoms with E-state index in [0.29, 0.717) is 0 Å². The highest BCUT2D eigenvalue weighted by atomic mass is 16.5. The van der Waals surface area contributed by atoms with Gasteiger partial charge in [0.05, 0.1) is 5.60 Å². The van der Waals surface area contributed by atoms with Crippen LogP contribution >= 0.6 is 0 Å². The second-order valence-electron chi connectivity index (χ2n) is 5.60. The first-order valence-corrected chi connectivity index (χ1v) is 7.01. The molecule has 0 saturated heterocycles. The van der Waals surface area contributed by atoms with Crippen LogP contribution in [0.2, 0.25) is 0 Å². The smallest absolute Gasteiger partial charge is 0.0623 e. The molecule has 16 heavy (non-hydrogen) atoms. The number of hydrogen-bond donors (Lipinski definition) is 1. The molecule has 96 valence electrons. The molecule has 0 spiro atoms. The fourth-order valence-corrected chi connectivity index (χ4v) is 1.62. The Kier molecular flexibility index (Phi) is 6.37. The summed E-state index contributed by atoms with van der Waals surface area (Å²) in [6, 6.07) is 0.869. The van der Waals surface area contributed by atoms with Gasteiger partial charge in [-0.15, -0.1) is 0 Å². The molecule has 0 unspecified atom stereocenters. The molecule has 0 bridgehead atoms. The number of unbranched alkanes of at least 4 members (excludes halogenated alkanes) is 3. The van der Waals surface area contributed by atoms with E-state index in [2.05, 4.69) is 26.1 Å². The molecule has 2 nitrogen and oxygen atoms in total. The zero-order valence-corrected chi connectivity index (χ0v) is 11.3. The second kappa shape index (κ2) is 7.29. The fraction of sp³-hybridized carbons (Fsp3) is 1.00. The van der Waals surface area contributed by atoms with Crippen molar-refractivity contribution in [1.82, 2.24) is 5.32 Å². The maximum Gasteiger partial charge on any atom is 0.0623 e. The third-order valence-electron chi connectivity index (χ3n) is 3.43. The van der Waals surface area contributed by atoms with Crippen LogP contribution in [0.1, 0.15) is 65.7 Å². The standard InChI is InChI=1S/C14H29NO/c1-4-14(2,3)16-12-8-6-5-7-11-15-13-9-10-13/h13,15H,4-12H2,1-3H3. The minimum absolute atomic E-state index is 0.0769. The molecule has 1 N–H and O–H groups in total. The van der Waals surface area contributed by atoms with Crippen molar-refractivity contribution in [3.63, 3.8) is 0 Å². The normalized spacial score (nSPS) is 16.7. The van der Waals surface area contributed by atoms with E-state index in [1.165, 1.54) is 45.1 Å². The van der Waals surface area contributed by atoms with Crippen LogP contribution in [0.15, 0.2) is 0 Å². The molecule has 0 aromatic heterocycles. The highest BCUT2D eigenvalue weighted by molar-refractivity contribution is 4.80. The zero-order chi connectivity index (χ0) is 11.9. The van der Waals surface area contributed by atoms with Crippen LogP contribution in [0, 0.1) is 0 Å². The topological polar surface area (TPSA) is 21.3 Å². The lowest BCUT2D eigenvalue weighted by atomic mass is 10.1. The quantitative estimate of drug-likeness (QED) is 0.577. The maximum absolute atomic E-state index is 5.82. The van der Waals surface area contributed by atoms with Crippen molar-refractivity contribution in [2.45, 2.75) is 77.4 Å². The first-order valence-electron chi connectivity index (χ1n) is 7.01. The van der Waals surface area contributed by atoms with Crippen LogP contribution in [0.3, 0.4) is 0 Å². The van der Waals surface area contributed by atoms with Crippen molar-refractivity contribution >= 4 is 0 Å². The summed E-state index contributed by atoms with van der Waals surface area (Å²) in [6.07, 6.45) is 9.10. The Morgan fingerprint density at radius 2 is 1.81 bits per heavy atom. The van der Waals surface area contributed by atoms with Crippen LogP contribution in [0.4, 0.5) is 0 Å². The van der Waals surface area contributed by atoms with Crippen molar-refractivity contribution in [2.75, 3.05) is 13.2 Å². The Bertz CT molecular complexity index is 176. The van der Waals surface area contributed by atoms with Gasteiger partial charge in [0.25, 0.3) is 0 Å². The average molecular weight is 227 g/mol. The van der Waals surface area contributed by atoms with Crippen LogP contribution < -0.4 is 5.32 Å². The lowest BCUT2D eigenvalue weighted by Crippen LogP contribution is -2.23. The summed E-state index contributed by atoms with van der Waals surface area (Å²) in [7, 11) is 0. The zero-order valence-electron chi connectivity index (χ0n) is 11.3. The van der Waals surface area contributed by atoms with Crippen molar-refractivity contribution in [1.29, 1.82) is 0 Å². The summed E-state index contributed by atoms with van der Waals surface area (Å²) in [5, 5.41) is 3.55. The Labute approximate surface area is 101 Å². The molecular weight excluding hydrogens is 198 g/mol. The van der Waals surface area contributed by atoms with Gasteiger partial charge in [0.1, 0.15) is 0 Å². The Balaban J connectivity index is 1.76. The summed E-state index contributed by atoms with van der Waals surface area (Å²) in [5.74, 6) is 0. The summed E-state index contributed by atoms with van der Waals surface area (Å²) in [6.45, 7) is 8.67. The minimum atomic E-state index is 0.0769. The number of rotatable bonds is 10. The molecule has 0 radical (unpaired) electrons. The van der Waals surface area contributed by atoms with E-state index in [-0.39, 0.29) is 5.60 Å². The highest BCUT2D eigenvalue weighted by Gasteiger charge is 2.19. The first kappa shape index (κ1) is 14.0. The molecule has 0 amide bonds. The lowest BCUT2D eigenvalue weighted by molar-refractivity contribution is -0.0216. The van der Waals surface area contributed by atoms with E-state index in [1.54, 1.807) is 0 Å². The maximum atomic E-state index is 5.82. The fourth-order valence-electron chi connectivity index (χ4n) is 1.62. The van der Waals surface area contributed by atoms with E-state index < -0.39 is 0 Å². The third-order valence-corrected chi connectivity index (χ3v) is 3.43. The molecular formula is C14H29NO. The molecule has 1 saturated carbocycles. The van der Waals surface area contributed by atoms with Gasteiger partial charge >= 0.3 is 0 Å². The van der Waals surface area contributed by atoms with Gasteiger partial charge in [-0.2, -0.15) is 0 Å². The van der Waals surface area contributed by atoms with E-state index >= 15 is 0 Å². The molecule has 0 aliphatic heterocycles. The van der Waals surface area contributed by atoms with Gasteiger partial charge in [-0.3, -0.25) is 0 Å². The molecule has 0 aromatic rings. The van der Waals surface area contributed by atoms with Crippen molar-refractivity contribution in [3.8, 4) is 0 Å². The molecule has 0 atom stereocenters. The van der Waals surface area contributed by atoms with Gasteiger partial charge in [0.15, 0.2) is 0 Å². The summed E-state index contributed by atoms with van der Waals surface area (Å²) < 4.78 is 5.82. The Hall–Kier alpha value is -0.0800. The number of hydrogen-bond acceptors (Lipinski definition) is 2.